The van der Waals surface area contributed by atoms with Gasteiger partial charge in [-0.1, -0.05) is 0 Å². The van der Waals surface area contributed by atoms with Crippen LogP contribution in [0.25, 0.3) is 0 Å². The van der Waals surface area contributed by atoms with E-state index in [4.69, 9.17) is 0 Å². The lowest BCUT2D eigenvalue weighted by molar-refractivity contribution is -0.141. The van der Waals surface area contributed by atoms with Crippen molar-refractivity contribution in [2.24, 2.45) is 17.8 Å². The molecule has 0 aromatic carbocycles. The minimum Gasteiger partial charge on any atom is -0.349 e. The zero-order valence-electron chi connectivity index (χ0n) is 17.7. The van der Waals surface area contributed by atoms with Crippen LogP contribution in [0.15, 0.2) is 6.20 Å². The van der Waals surface area contributed by atoms with Gasteiger partial charge in [0.1, 0.15) is 0 Å². The van der Waals surface area contributed by atoms with E-state index >= 15 is 0 Å². The monoisotopic (exact) mass is 458 g/mol. The van der Waals surface area contributed by atoms with E-state index in [9.17, 15) is 26.7 Å². The Morgan fingerprint density at radius 1 is 1.09 bits per heavy atom. The number of rotatable bonds is 3. The van der Waals surface area contributed by atoms with Crippen LogP contribution in [0.4, 0.5) is 27.9 Å². The van der Waals surface area contributed by atoms with Gasteiger partial charge in [0.25, 0.3) is 11.8 Å². The molecule has 1 amide bonds. The van der Waals surface area contributed by atoms with Crippen molar-refractivity contribution in [3.8, 4) is 0 Å². The van der Waals surface area contributed by atoms with Gasteiger partial charge < -0.3 is 10.2 Å². The number of likely N-dealkylation sites (tertiary alicyclic amines) is 1. The molecule has 32 heavy (non-hydrogen) atoms. The molecular formula is C22H27F5N4O. The fraction of sp³-hybridized carbons (Fsp3) is 0.773. The summed E-state index contributed by atoms with van der Waals surface area (Å²) in [5.74, 6) is -2.51. The minimum atomic E-state index is -4.90. The van der Waals surface area contributed by atoms with E-state index in [1.54, 1.807) is 0 Å². The summed E-state index contributed by atoms with van der Waals surface area (Å²) >= 11 is 0. The lowest BCUT2D eigenvalue weighted by Crippen LogP contribution is -2.46. The fourth-order valence-electron chi connectivity index (χ4n) is 6.67. The van der Waals surface area contributed by atoms with Crippen LogP contribution in [0, 0.1) is 17.8 Å². The number of hydrogen-bond acceptors (Lipinski definition) is 4. The Labute approximate surface area is 183 Å². The Bertz CT molecular complexity index is 891. The Hall–Kier alpha value is -2.00. The van der Waals surface area contributed by atoms with Gasteiger partial charge in [0.15, 0.2) is 5.69 Å². The van der Waals surface area contributed by atoms with Crippen LogP contribution in [0.3, 0.4) is 0 Å². The molecule has 5 fully saturated rings. The van der Waals surface area contributed by atoms with Crippen molar-refractivity contribution in [1.29, 1.82) is 0 Å². The molecule has 2 atom stereocenters. The molecule has 1 saturated heterocycles. The van der Waals surface area contributed by atoms with Gasteiger partial charge in [-0.3, -0.25) is 4.79 Å². The molecule has 0 spiro atoms. The Balaban J connectivity index is 1.42. The second-order valence-electron chi connectivity index (χ2n) is 10.3. The Kier molecular flexibility index (Phi) is 5.13. The largest absolute Gasteiger partial charge is 0.434 e. The van der Waals surface area contributed by atoms with Gasteiger partial charge in [-0.15, -0.1) is 0 Å². The SMILES string of the molecule is O=C(c1cnc(NC23CCC4CC(CC(C4)C2)C3)nc1C(F)(F)F)N1CCCC(F)(F)C1. The second-order valence-corrected chi connectivity index (χ2v) is 10.3. The molecule has 0 radical (unpaired) electrons. The third kappa shape index (κ3) is 4.17. The zero-order chi connectivity index (χ0) is 22.7. The Morgan fingerprint density at radius 2 is 1.78 bits per heavy atom. The fourth-order valence-corrected chi connectivity index (χ4v) is 6.67. The number of nitrogens with one attached hydrogen (secondary N) is 1. The average Bonchev–Trinajstić information content (AvgIpc) is 2.89. The highest BCUT2D eigenvalue weighted by Crippen LogP contribution is 2.53. The van der Waals surface area contributed by atoms with Crippen molar-refractivity contribution < 1.29 is 26.7 Å². The normalized spacial score (nSPS) is 33.8. The molecular weight excluding hydrogens is 431 g/mol. The highest BCUT2D eigenvalue weighted by molar-refractivity contribution is 5.95. The molecule has 5 nitrogen and oxygen atoms in total. The van der Waals surface area contributed by atoms with Crippen molar-refractivity contribution in [1.82, 2.24) is 14.9 Å². The van der Waals surface area contributed by atoms with E-state index in [2.05, 4.69) is 15.3 Å². The molecule has 5 aliphatic rings. The van der Waals surface area contributed by atoms with Crippen molar-refractivity contribution >= 4 is 11.9 Å². The summed E-state index contributed by atoms with van der Waals surface area (Å²) in [6, 6.07) is 0. The van der Waals surface area contributed by atoms with E-state index in [0.717, 1.165) is 36.8 Å². The first-order valence-electron chi connectivity index (χ1n) is 11.4. The number of anilines is 1. The van der Waals surface area contributed by atoms with Gasteiger partial charge in [0, 0.05) is 24.7 Å². The molecule has 1 aromatic rings. The van der Waals surface area contributed by atoms with E-state index in [0.29, 0.717) is 17.8 Å². The van der Waals surface area contributed by atoms with Crippen molar-refractivity contribution in [3.05, 3.63) is 17.5 Å². The van der Waals surface area contributed by atoms with E-state index in [-0.39, 0.29) is 30.9 Å². The van der Waals surface area contributed by atoms with Gasteiger partial charge >= 0.3 is 6.18 Å². The summed E-state index contributed by atoms with van der Waals surface area (Å²) in [4.78, 5) is 21.3. The number of nitrogens with zero attached hydrogens (tertiary/aromatic N) is 3. The van der Waals surface area contributed by atoms with Crippen molar-refractivity contribution in [2.45, 2.75) is 75.4 Å². The number of halogens is 5. The molecule has 176 valence electrons. The van der Waals surface area contributed by atoms with Gasteiger partial charge in [-0.2, -0.15) is 13.2 Å². The first-order valence-corrected chi connectivity index (χ1v) is 11.4. The zero-order valence-corrected chi connectivity index (χ0v) is 17.7. The average molecular weight is 458 g/mol. The van der Waals surface area contributed by atoms with Crippen molar-refractivity contribution in [3.63, 3.8) is 0 Å². The summed E-state index contributed by atoms with van der Waals surface area (Å²) in [5, 5.41) is 3.23. The predicted octanol–water partition coefficient (Wildman–Crippen LogP) is 5.14. The molecule has 4 bridgehead atoms. The lowest BCUT2D eigenvalue weighted by Gasteiger charge is -2.45. The van der Waals surface area contributed by atoms with Crippen LogP contribution >= 0.6 is 0 Å². The number of fused-ring (bicyclic) bond motifs is 1. The molecule has 1 aromatic heterocycles. The molecule has 6 rings (SSSR count). The molecule has 1 N–H and O–H groups in total. The summed E-state index contributed by atoms with van der Waals surface area (Å²) < 4.78 is 68.9. The molecule has 1 aliphatic heterocycles. The number of hydrogen-bond donors (Lipinski definition) is 1. The molecule has 2 unspecified atom stereocenters. The van der Waals surface area contributed by atoms with Crippen LogP contribution in [0.2, 0.25) is 0 Å². The minimum absolute atomic E-state index is 0.0151. The summed E-state index contributed by atoms with van der Waals surface area (Å²) in [7, 11) is 0. The summed E-state index contributed by atoms with van der Waals surface area (Å²) in [6.07, 6.45) is 2.86. The van der Waals surface area contributed by atoms with Gasteiger partial charge in [0.2, 0.25) is 5.95 Å². The maximum Gasteiger partial charge on any atom is 0.434 e. The third-order valence-electron chi connectivity index (χ3n) is 7.73. The maximum atomic E-state index is 13.8. The quantitative estimate of drug-likeness (QED) is 0.638. The maximum absolute atomic E-state index is 13.8. The number of carbonyl (C=O) groups excluding carboxylic acids is 1. The number of alkyl halides is 5. The molecule has 4 saturated carbocycles. The van der Waals surface area contributed by atoms with Crippen LogP contribution in [0.1, 0.15) is 73.8 Å². The van der Waals surface area contributed by atoms with Gasteiger partial charge in [0.05, 0.1) is 12.1 Å². The lowest BCUT2D eigenvalue weighted by atomic mass is 9.65. The highest BCUT2D eigenvalue weighted by atomic mass is 19.4. The van der Waals surface area contributed by atoms with Gasteiger partial charge in [-0.25, -0.2) is 18.7 Å². The summed E-state index contributed by atoms with van der Waals surface area (Å²) in [5.41, 5.74) is -2.46. The van der Waals surface area contributed by atoms with Crippen molar-refractivity contribution in [2.75, 3.05) is 18.4 Å². The van der Waals surface area contributed by atoms with E-state index in [1.807, 2.05) is 0 Å². The molecule has 4 aliphatic carbocycles. The first-order chi connectivity index (χ1) is 15.0. The third-order valence-corrected chi connectivity index (χ3v) is 7.73. The Morgan fingerprint density at radius 3 is 2.44 bits per heavy atom. The van der Waals surface area contributed by atoms with E-state index in [1.165, 1.54) is 19.3 Å². The molecule has 10 heteroatoms. The number of aromatic nitrogens is 2. The topological polar surface area (TPSA) is 58.1 Å². The van der Waals surface area contributed by atoms with Crippen LogP contribution in [-0.4, -0.2) is 45.3 Å². The number of piperidine rings is 1. The molecule has 2 heterocycles. The highest BCUT2D eigenvalue weighted by Gasteiger charge is 2.48. The first kappa shape index (κ1) is 21.8. The number of amides is 1. The van der Waals surface area contributed by atoms with E-state index < -0.39 is 35.8 Å². The van der Waals surface area contributed by atoms with Crippen LogP contribution in [-0.2, 0) is 6.18 Å². The number of carbonyl (C=O) groups is 1. The summed E-state index contributed by atoms with van der Waals surface area (Å²) in [6.45, 7) is -0.908. The smallest absolute Gasteiger partial charge is 0.349 e. The second kappa shape index (κ2) is 7.52. The van der Waals surface area contributed by atoms with Crippen LogP contribution in [0.5, 0.6) is 0 Å². The van der Waals surface area contributed by atoms with Gasteiger partial charge in [-0.05, 0) is 69.1 Å². The standard InChI is InChI=1S/C22H27F5N4O/c23-21(24)3-1-5-31(12-21)18(32)16-11-28-19(29-17(16)22(25,26)27)30-20-4-2-13-6-14(9-20)8-15(7-13)10-20/h11,13-15H,1-10,12H2,(H,28,29,30). The van der Waals surface area contributed by atoms with Crippen LogP contribution < -0.4 is 5.32 Å². The predicted molar refractivity (Wildman–Crippen MR) is 106 cm³/mol.